The number of hydrogen-bond donors (Lipinski definition) is 2. The fraction of sp³-hybridized carbons (Fsp3) is 0.550. The number of nitrogens with zero attached hydrogens (tertiary/aromatic N) is 2. The number of benzene rings is 1. The molecule has 1 heterocycles. The molecule has 1 aromatic rings. The average molecular weight is 472 g/mol. The molecule has 0 aromatic heterocycles. The van der Waals surface area contributed by atoms with Crippen LogP contribution in [0.15, 0.2) is 41.4 Å². The summed E-state index contributed by atoms with van der Waals surface area (Å²) in [6, 6.07) is 8.67. The van der Waals surface area contributed by atoms with Crippen LogP contribution in [0.4, 0.5) is 5.69 Å². The van der Waals surface area contributed by atoms with Gasteiger partial charge in [0.05, 0.1) is 6.54 Å². The third kappa shape index (κ3) is 8.40. The third-order valence-electron chi connectivity index (χ3n) is 4.07. The van der Waals surface area contributed by atoms with Gasteiger partial charge >= 0.3 is 0 Å². The molecule has 0 saturated heterocycles. The molecule has 2 N–H and O–H groups in total. The van der Waals surface area contributed by atoms with E-state index < -0.39 is 0 Å². The highest BCUT2D eigenvalue weighted by molar-refractivity contribution is 14.0. The van der Waals surface area contributed by atoms with Crippen molar-refractivity contribution in [2.45, 2.75) is 33.2 Å². The molecule has 1 aromatic carbocycles. The first-order chi connectivity index (χ1) is 12.3. The van der Waals surface area contributed by atoms with Gasteiger partial charge in [0.15, 0.2) is 5.96 Å². The maximum Gasteiger partial charge on any atom is 0.191 e. The van der Waals surface area contributed by atoms with E-state index in [9.17, 15) is 0 Å². The van der Waals surface area contributed by atoms with Crippen LogP contribution in [-0.4, -0.2) is 45.4 Å². The van der Waals surface area contributed by atoms with Gasteiger partial charge in [0.2, 0.25) is 0 Å². The zero-order valence-electron chi connectivity index (χ0n) is 16.0. The summed E-state index contributed by atoms with van der Waals surface area (Å²) in [6.07, 6.45) is 6.58. The second-order valence-electron chi connectivity index (χ2n) is 6.07. The number of ether oxygens (including phenoxy) is 1. The van der Waals surface area contributed by atoms with Crippen molar-refractivity contribution in [1.82, 2.24) is 10.6 Å². The van der Waals surface area contributed by atoms with Crippen LogP contribution in [0.5, 0.6) is 0 Å². The van der Waals surface area contributed by atoms with Crippen LogP contribution < -0.4 is 15.5 Å². The van der Waals surface area contributed by atoms with E-state index in [1.807, 2.05) is 6.92 Å². The van der Waals surface area contributed by atoms with Crippen molar-refractivity contribution in [2.75, 3.05) is 44.3 Å². The van der Waals surface area contributed by atoms with Crippen LogP contribution in [0.1, 0.15) is 32.3 Å². The normalized spacial score (nSPS) is 13.6. The van der Waals surface area contributed by atoms with E-state index in [-0.39, 0.29) is 24.0 Å². The Morgan fingerprint density at radius 1 is 1.15 bits per heavy atom. The number of rotatable bonds is 10. The monoisotopic (exact) mass is 472 g/mol. The average Bonchev–Trinajstić information content (AvgIpc) is 3.17. The summed E-state index contributed by atoms with van der Waals surface area (Å²) in [7, 11) is 0. The molecular weight excluding hydrogens is 439 g/mol. The van der Waals surface area contributed by atoms with E-state index in [0.29, 0.717) is 6.54 Å². The second kappa shape index (κ2) is 13.9. The van der Waals surface area contributed by atoms with Crippen LogP contribution in [0.25, 0.3) is 0 Å². The minimum atomic E-state index is 0. The Bertz CT molecular complexity index is 554. The van der Waals surface area contributed by atoms with E-state index in [1.54, 1.807) is 0 Å². The first kappa shape index (κ1) is 22.8. The van der Waals surface area contributed by atoms with E-state index in [1.165, 1.54) is 11.3 Å². The summed E-state index contributed by atoms with van der Waals surface area (Å²) in [5.74, 6) is 0.882. The molecule has 26 heavy (non-hydrogen) atoms. The highest BCUT2D eigenvalue weighted by Gasteiger charge is 2.07. The lowest BCUT2D eigenvalue weighted by Crippen LogP contribution is -2.37. The first-order valence-electron chi connectivity index (χ1n) is 9.42. The molecule has 1 aliphatic heterocycles. The van der Waals surface area contributed by atoms with Crippen LogP contribution >= 0.6 is 24.0 Å². The predicted octanol–water partition coefficient (Wildman–Crippen LogP) is 3.55. The molecule has 0 spiro atoms. The quantitative estimate of drug-likeness (QED) is 0.180. The summed E-state index contributed by atoms with van der Waals surface area (Å²) >= 11 is 0. The van der Waals surface area contributed by atoms with Gasteiger partial charge in [-0.1, -0.05) is 24.3 Å². The molecule has 0 atom stereocenters. The molecule has 0 saturated carbocycles. The van der Waals surface area contributed by atoms with Crippen LogP contribution in [0.2, 0.25) is 0 Å². The molecule has 0 bridgehead atoms. The Hall–Kier alpha value is -1.28. The van der Waals surface area contributed by atoms with Crippen molar-refractivity contribution in [2.24, 2.45) is 4.99 Å². The Morgan fingerprint density at radius 2 is 1.96 bits per heavy atom. The van der Waals surface area contributed by atoms with Gasteiger partial charge in [-0.25, -0.2) is 4.99 Å². The van der Waals surface area contributed by atoms with E-state index in [4.69, 9.17) is 9.73 Å². The van der Waals surface area contributed by atoms with Crippen molar-refractivity contribution in [3.8, 4) is 0 Å². The lowest BCUT2D eigenvalue weighted by atomic mass is 10.2. The lowest BCUT2D eigenvalue weighted by molar-refractivity contribution is 0.143. The highest BCUT2D eigenvalue weighted by atomic mass is 127. The van der Waals surface area contributed by atoms with E-state index in [0.717, 1.165) is 58.2 Å². The number of halogens is 1. The summed E-state index contributed by atoms with van der Waals surface area (Å²) < 4.78 is 5.36. The largest absolute Gasteiger partial charge is 0.382 e. The van der Waals surface area contributed by atoms with Crippen molar-refractivity contribution in [3.63, 3.8) is 0 Å². The third-order valence-corrected chi connectivity index (χ3v) is 4.07. The summed E-state index contributed by atoms with van der Waals surface area (Å²) in [6.45, 7) is 10.2. The number of anilines is 1. The molecule has 5 nitrogen and oxygen atoms in total. The molecule has 0 unspecified atom stereocenters. The topological polar surface area (TPSA) is 48.9 Å². The van der Waals surface area contributed by atoms with Gasteiger partial charge in [-0.3, -0.25) is 0 Å². The number of unbranched alkanes of at least 4 members (excludes halogenated alkanes) is 1. The molecule has 0 radical (unpaired) electrons. The van der Waals surface area contributed by atoms with Crippen molar-refractivity contribution in [3.05, 3.63) is 42.0 Å². The standard InChI is InChI=1S/C20H32N4O.HI/c1-3-21-20(22-12-5-8-15-25-4-2)23-17-18-10-9-11-19(16-18)24-13-6-7-14-24;/h6-7,9-11,16H,3-5,8,12-15,17H2,1-2H3,(H2,21,22,23);1H. The SMILES string of the molecule is CCNC(=NCc1cccc(N2CC=CC2)c1)NCCCCOCC.I. The number of aliphatic imine (C=N–C) groups is 1. The van der Waals surface area contributed by atoms with Crippen molar-refractivity contribution >= 4 is 35.6 Å². The minimum Gasteiger partial charge on any atom is -0.382 e. The molecule has 0 aliphatic carbocycles. The van der Waals surface area contributed by atoms with Crippen LogP contribution in [0.3, 0.4) is 0 Å². The molecule has 1 aliphatic rings. The van der Waals surface area contributed by atoms with Crippen molar-refractivity contribution in [1.29, 1.82) is 0 Å². The summed E-state index contributed by atoms with van der Waals surface area (Å²) in [4.78, 5) is 7.07. The molecule has 0 fully saturated rings. The van der Waals surface area contributed by atoms with E-state index >= 15 is 0 Å². The second-order valence-corrected chi connectivity index (χ2v) is 6.07. The molecule has 2 rings (SSSR count). The fourth-order valence-corrected chi connectivity index (χ4v) is 2.73. The van der Waals surface area contributed by atoms with Gasteiger partial charge in [-0.05, 0) is 44.4 Å². The first-order valence-corrected chi connectivity index (χ1v) is 9.42. The van der Waals surface area contributed by atoms with Gasteiger partial charge in [0, 0.05) is 45.1 Å². The van der Waals surface area contributed by atoms with Crippen LogP contribution in [-0.2, 0) is 11.3 Å². The summed E-state index contributed by atoms with van der Waals surface area (Å²) in [5, 5.41) is 6.71. The van der Waals surface area contributed by atoms with Gasteiger partial charge in [0.1, 0.15) is 0 Å². The number of nitrogens with one attached hydrogen (secondary N) is 2. The van der Waals surface area contributed by atoms with Gasteiger partial charge in [0.25, 0.3) is 0 Å². The number of guanidine groups is 1. The van der Waals surface area contributed by atoms with Gasteiger partial charge in [-0.15, -0.1) is 24.0 Å². The molecule has 6 heteroatoms. The molecule has 146 valence electrons. The van der Waals surface area contributed by atoms with Gasteiger partial charge < -0.3 is 20.3 Å². The number of hydrogen-bond acceptors (Lipinski definition) is 3. The zero-order chi connectivity index (χ0) is 17.7. The predicted molar refractivity (Wildman–Crippen MR) is 122 cm³/mol. The van der Waals surface area contributed by atoms with Gasteiger partial charge in [-0.2, -0.15) is 0 Å². The molecule has 0 amide bonds. The smallest absolute Gasteiger partial charge is 0.191 e. The van der Waals surface area contributed by atoms with E-state index in [2.05, 4.69) is 58.9 Å². The molecular formula is C20H33IN4O. The Balaban J connectivity index is 0.00000338. The Morgan fingerprint density at radius 3 is 2.69 bits per heavy atom. The maximum atomic E-state index is 5.36. The zero-order valence-corrected chi connectivity index (χ0v) is 18.4. The lowest BCUT2D eigenvalue weighted by Gasteiger charge is -2.18. The maximum absolute atomic E-state index is 5.36. The Kier molecular flexibility index (Phi) is 12.1. The fourth-order valence-electron chi connectivity index (χ4n) is 2.73. The Labute approximate surface area is 175 Å². The van der Waals surface area contributed by atoms with Crippen molar-refractivity contribution < 1.29 is 4.74 Å². The summed E-state index contributed by atoms with van der Waals surface area (Å²) in [5.41, 5.74) is 2.50. The highest BCUT2D eigenvalue weighted by Crippen LogP contribution is 2.18. The minimum absolute atomic E-state index is 0. The van der Waals surface area contributed by atoms with Crippen LogP contribution in [0, 0.1) is 0 Å².